The van der Waals surface area contributed by atoms with Gasteiger partial charge < -0.3 is 29.7 Å². The van der Waals surface area contributed by atoms with Gasteiger partial charge in [0.05, 0.1) is 12.0 Å². The third-order valence-electron chi connectivity index (χ3n) is 7.02. The maximum atomic E-state index is 13.3. The van der Waals surface area contributed by atoms with Gasteiger partial charge in [0.15, 0.2) is 11.5 Å². The van der Waals surface area contributed by atoms with Crippen molar-refractivity contribution < 1.29 is 19.4 Å². The number of hydrogen-bond donors (Lipinski definition) is 2. The molecule has 3 atom stereocenters. The van der Waals surface area contributed by atoms with Gasteiger partial charge in [0.2, 0.25) is 5.91 Å². The molecular weight excluding hydrogens is 454 g/mol. The highest BCUT2D eigenvalue weighted by Crippen LogP contribution is 2.34. The summed E-state index contributed by atoms with van der Waals surface area (Å²) in [5, 5.41) is 15.2. The highest BCUT2D eigenvalue weighted by molar-refractivity contribution is 6.30. The molecular formula is C26H32ClN3O4. The molecule has 3 heterocycles. The summed E-state index contributed by atoms with van der Waals surface area (Å²) in [7, 11) is 0. The number of likely N-dealkylation sites (tertiary alicyclic amines) is 1. The number of rotatable bonds is 7. The minimum Gasteiger partial charge on any atom is -0.486 e. The molecule has 3 aliphatic heterocycles. The molecule has 0 bridgehead atoms. The van der Waals surface area contributed by atoms with Gasteiger partial charge in [-0.3, -0.25) is 4.79 Å². The minimum atomic E-state index is -0.839. The second-order valence-corrected chi connectivity index (χ2v) is 9.82. The molecule has 0 aliphatic carbocycles. The third kappa shape index (κ3) is 5.27. The zero-order chi connectivity index (χ0) is 23.5. The Morgan fingerprint density at radius 1 is 1.06 bits per heavy atom. The van der Waals surface area contributed by atoms with Crippen LogP contribution < -0.4 is 19.7 Å². The van der Waals surface area contributed by atoms with Crippen LogP contribution >= 0.6 is 11.6 Å². The van der Waals surface area contributed by atoms with Gasteiger partial charge in [-0.1, -0.05) is 17.7 Å². The lowest BCUT2D eigenvalue weighted by atomic mass is 9.99. The fourth-order valence-corrected chi connectivity index (χ4v) is 5.23. The molecule has 0 spiro atoms. The molecule has 0 unspecified atom stereocenters. The van der Waals surface area contributed by atoms with Gasteiger partial charge in [-0.05, 0) is 74.3 Å². The molecule has 2 saturated heterocycles. The fourth-order valence-electron chi connectivity index (χ4n) is 5.11. The number of halogens is 1. The average Bonchev–Trinajstić information content (AvgIpc) is 3.56. The van der Waals surface area contributed by atoms with E-state index in [-0.39, 0.29) is 11.8 Å². The van der Waals surface area contributed by atoms with Crippen molar-refractivity contribution >= 4 is 23.2 Å². The van der Waals surface area contributed by atoms with Crippen molar-refractivity contribution in [3.05, 3.63) is 53.1 Å². The van der Waals surface area contributed by atoms with Gasteiger partial charge in [0, 0.05) is 30.3 Å². The van der Waals surface area contributed by atoms with Crippen molar-refractivity contribution in [1.82, 2.24) is 10.2 Å². The molecule has 2 N–H and O–H groups in total. The topological polar surface area (TPSA) is 74.3 Å². The zero-order valence-corrected chi connectivity index (χ0v) is 20.0. The number of fused-ring (bicyclic) bond motifs is 1. The Bertz CT molecular complexity index is 996. The Labute approximate surface area is 205 Å². The summed E-state index contributed by atoms with van der Waals surface area (Å²) in [5.74, 6) is 1.21. The van der Waals surface area contributed by atoms with Gasteiger partial charge in [-0.2, -0.15) is 0 Å². The van der Waals surface area contributed by atoms with Crippen LogP contribution in [-0.4, -0.2) is 67.9 Å². The number of amides is 1. The number of carbonyl (C=O) groups is 1. The summed E-state index contributed by atoms with van der Waals surface area (Å²) in [5.41, 5.74) is 1.80. The highest BCUT2D eigenvalue weighted by atomic mass is 35.5. The van der Waals surface area contributed by atoms with E-state index in [2.05, 4.69) is 15.1 Å². The number of benzene rings is 2. The standard InChI is InChI=1S/C26H32ClN3O4/c27-20-4-6-21(7-5-20)30-12-9-19(16-30)26(32)28-22(17-29-10-1-2-11-29)25(31)18-3-8-23-24(15-18)34-14-13-33-23/h3-8,15,19,22,25,31H,1-2,9-14,16-17H2,(H,28,32)/t19-,22-,25-/m1/s1. The molecule has 1 amide bonds. The van der Waals surface area contributed by atoms with Gasteiger partial charge in [-0.15, -0.1) is 0 Å². The van der Waals surface area contributed by atoms with Gasteiger partial charge >= 0.3 is 0 Å². The monoisotopic (exact) mass is 485 g/mol. The Balaban J connectivity index is 1.28. The van der Waals surface area contributed by atoms with Crippen LogP contribution in [0.15, 0.2) is 42.5 Å². The quantitative estimate of drug-likeness (QED) is 0.627. The van der Waals surface area contributed by atoms with Gasteiger partial charge in [-0.25, -0.2) is 0 Å². The van der Waals surface area contributed by atoms with Crippen LogP contribution in [0.2, 0.25) is 5.02 Å². The molecule has 2 aromatic carbocycles. The molecule has 8 heteroatoms. The summed E-state index contributed by atoms with van der Waals surface area (Å²) in [6, 6.07) is 12.9. The lowest BCUT2D eigenvalue weighted by molar-refractivity contribution is -0.126. The second kappa shape index (κ2) is 10.4. The van der Waals surface area contributed by atoms with E-state index >= 15 is 0 Å². The Hall–Kier alpha value is -2.48. The summed E-state index contributed by atoms with van der Waals surface area (Å²) in [6.07, 6.45) is 2.25. The molecule has 2 aromatic rings. The van der Waals surface area contributed by atoms with Gasteiger partial charge in [0.1, 0.15) is 19.3 Å². The Kier molecular flexibility index (Phi) is 7.13. The van der Waals surface area contributed by atoms with E-state index in [1.807, 2.05) is 42.5 Å². The first-order valence-electron chi connectivity index (χ1n) is 12.2. The van der Waals surface area contributed by atoms with Crippen LogP contribution in [0, 0.1) is 5.92 Å². The van der Waals surface area contributed by atoms with Crippen molar-refractivity contribution in [1.29, 1.82) is 0 Å². The number of aliphatic hydroxyl groups excluding tert-OH is 1. The minimum absolute atomic E-state index is 0.00254. The summed E-state index contributed by atoms with van der Waals surface area (Å²) < 4.78 is 11.3. The predicted molar refractivity (Wildman–Crippen MR) is 132 cm³/mol. The van der Waals surface area contributed by atoms with E-state index in [9.17, 15) is 9.90 Å². The number of nitrogens with one attached hydrogen (secondary N) is 1. The highest BCUT2D eigenvalue weighted by Gasteiger charge is 2.33. The lowest BCUT2D eigenvalue weighted by Gasteiger charge is -2.30. The summed E-state index contributed by atoms with van der Waals surface area (Å²) >= 11 is 6.02. The molecule has 3 aliphatic rings. The van der Waals surface area contributed by atoms with Crippen molar-refractivity contribution in [2.45, 2.75) is 31.4 Å². The van der Waals surface area contributed by atoms with E-state index in [4.69, 9.17) is 21.1 Å². The van der Waals surface area contributed by atoms with Crippen molar-refractivity contribution in [3.63, 3.8) is 0 Å². The van der Waals surface area contributed by atoms with E-state index < -0.39 is 12.1 Å². The second-order valence-electron chi connectivity index (χ2n) is 9.38. The SMILES string of the molecule is O=C(N[C@H](CN1CCCC1)[C@H](O)c1ccc2c(c1)OCCO2)[C@@H]1CCN(c2ccc(Cl)cc2)C1. The van der Waals surface area contributed by atoms with Crippen LogP contribution in [0.5, 0.6) is 11.5 Å². The summed E-state index contributed by atoms with van der Waals surface area (Å²) in [6.45, 7) is 5.10. The third-order valence-corrected chi connectivity index (χ3v) is 7.27. The van der Waals surface area contributed by atoms with Crippen LogP contribution in [-0.2, 0) is 4.79 Å². The number of aliphatic hydroxyl groups is 1. The van der Waals surface area contributed by atoms with Crippen LogP contribution in [0.4, 0.5) is 5.69 Å². The first kappa shape index (κ1) is 23.3. The van der Waals surface area contributed by atoms with Crippen LogP contribution in [0.1, 0.15) is 30.9 Å². The smallest absolute Gasteiger partial charge is 0.225 e. The largest absolute Gasteiger partial charge is 0.486 e. The normalized spacial score (nSPS) is 21.9. The molecule has 34 heavy (non-hydrogen) atoms. The molecule has 5 rings (SSSR count). The number of carbonyl (C=O) groups excluding carboxylic acids is 1. The van der Waals surface area contributed by atoms with E-state index in [0.717, 1.165) is 50.1 Å². The van der Waals surface area contributed by atoms with Crippen LogP contribution in [0.25, 0.3) is 0 Å². The fraction of sp³-hybridized carbons (Fsp3) is 0.500. The molecule has 0 aromatic heterocycles. The first-order chi connectivity index (χ1) is 16.6. The van der Waals surface area contributed by atoms with Crippen molar-refractivity contribution in [2.24, 2.45) is 5.92 Å². The Morgan fingerprint density at radius 2 is 1.79 bits per heavy atom. The lowest BCUT2D eigenvalue weighted by Crippen LogP contribution is -2.48. The van der Waals surface area contributed by atoms with Crippen LogP contribution in [0.3, 0.4) is 0 Å². The number of ether oxygens (including phenoxy) is 2. The zero-order valence-electron chi connectivity index (χ0n) is 19.3. The molecule has 2 fully saturated rings. The van der Waals surface area contributed by atoms with E-state index in [0.29, 0.717) is 42.8 Å². The van der Waals surface area contributed by atoms with E-state index in [1.54, 1.807) is 0 Å². The predicted octanol–water partition coefficient (Wildman–Crippen LogP) is 3.25. The molecule has 182 valence electrons. The number of nitrogens with zero attached hydrogens (tertiary/aromatic N) is 2. The average molecular weight is 486 g/mol. The van der Waals surface area contributed by atoms with E-state index in [1.165, 1.54) is 0 Å². The first-order valence-corrected chi connectivity index (χ1v) is 12.6. The molecule has 0 radical (unpaired) electrons. The van der Waals surface area contributed by atoms with Crippen molar-refractivity contribution in [2.75, 3.05) is 50.8 Å². The maximum absolute atomic E-state index is 13.3. The number of anilines is 1. The molecule has 0 saturated carbocycles. The van der Waals surface area contributed by atoms with Crippen molar-refractivity contribution in [3.8, 4) is 11.5 Å². The number of hydrogen-bond acceptors (Lipinski definition) is 6. The molecule has 7 nitrogen and oxygen atoms in total. The summed E-state index contributed by atoms with van der Waals surface area (Å²) in [4.78, 5) is 17.8. The Morgan fingerprint density at radius 3 is 2.56 bits per heavy atom. The maximum Gasteiger partial charge on any atom is 0.225 e. The van der Waals surface area contributed by atoms with Gasteiger partial charge in [0.25, 0.3) is 0 Å².